The second kappa shape index (κ2) is 5.27. The van der Waals surface area contributed by atoms with Crippen molar-refractivity contribution in [2.45, 2.75) is 6.36 Å². The van der Waals surface area contributed by atoms with Gasteiger partial charge in [0.2, 0.25) is 0 Å². The molecule has 0 aliphatic carbocycles. The van der Waals surface area contributed by atoms with E-state index in [0.717, 1.165) is 24.4 Å². The maximum Gasteiger partial charge on any atom is 0.573 e. The van der Waals surface area contributed by atoms with Crippen molar-refractivity contribution in [2.24, 2.45) is 0 Å². The van der Waals surface area contributed by atoms with E-state index in [2.05, 4.69) is 9.72 Å². The number of nitro groups is 1. The van der Waals surface area contributed by atoms with Gasteiger partial charge in [0.1, 0.15) is 17.8 Å². The first kappa shape index (κ1) is 14.6. The molecule has 0 spiro atoms. The Balaban J connectivity index is 2.45. The third-order valence-corrected chi connectivity index (χ3v) is 2.49. The van der Waals surface area contributed by atoms with E-state index in [-0.39, 0.29) is 22.6 Å². The van der Waals surface area contributed by atoms with E-state index < -0.39 is 17.0 Å². The molecular weight excluding hydrogens is 291 g/mol. The summed E-state index contributed by atoms with van der Waals surface area (Å²) in [7, 11) is 0. The molecule has 0 saturated carbocycles. The van der Waals surface area contributed by atoms with E-state index in [1.165, 1.54) is 12.1 Å². The van der Waals surface area contributed by atoms with Gasteiger partial charge in [-0.1, -0.05) is 12.1 Å². The average Bonchev–Trinajstić information content (AvgIpc) is 2.37. The van der Waals surface area contributed by atoms with Crippen LogP contribution in [0.15, 0.2) is 36.5 Å². The summed E-state index contributed by atoms with van der Waals surface area (Å²) in [6.07, 6.45) is -3.86. The van der Waals surface area contributed by atoms with Crippen LogP contribution in [0.2, 0.25) is 0 Å². The lowest BCUT2D eigenvalue weighted by molar-refractivity contribution is -0.385. The van der Waals surface area contributed by atoms with Gasteiger partial charge in [-0.25, -0.2) is 4.98 Å². The number of hydrogen-bond donors (Lipinski definition) is 1. The minimum Gasteiger partial charge on any atom is -0.406 e. The van der Waals surface area contributed by atoms with Crippen molar-refractivity contribution in [2.75, 3.05) is 5.73 Å². The van der Waals surface area contributed by atoms with Crippen molar-refractivity contribution in [3.05, 3.63) is 46.6 Å². The normalized spacial score (nSPS) is 11.2. The molecule has 2 aromatic rings. The molecule has 9 heteroatoms. The van der Waals surface area contributed by atoms with Crippen LogP contribution >= 0.6 is 0 Å². The largest absolute Gasteiger partial charge is 0.573 e. The Hall–Kier alpha value is -2.84. The molecule has 0 aliphatic heterocycles. The van der Waals surface area contributed by atoms with E-state index in [1.807, 2.05) is 0 Å². The van der Waals surface area contributed by atoms with Crippen molar-refractivity contribution in [3.63, 3.8) is 0 Å². The highest BCUT2D eigenvalue weighted by atomic mass is 19.4. The second-order valence-electron chi connectivity index (χ2n) is 3.96. The molecule has 1 heterocycles. The molecule has 0 fully saturated rings. The number of halogens is 3. The van der Waals surface area contributed by atoms with Gasteiger partial charge in [0.25, 0.3) is 5.69 Å². The number of alkyl halides is 3. The van der Waals surface area contributed by atoms with Gasteiger partial charge in [-0.3, -0.25) is 10.1 Å². The monoisotopic (exact) mass is 299 g/mol. The highest BCUT2D eigenvalue weighted by Crippen LogP contribution is 2.31. The zero-order valence-corrected chi connectivity index (χ0v) is 10.3. The lowest BCUT2D eigenvalue weighted by Gasteiger charge is -2.10. The average molecular weight is 299 g/mol. The van der Waals surface area contributed by atoms with E-state index >= 15 is 0 Å². The predicted molar refractivity (Wildman–Crippen MR) is 67.4 cm³/mol. The number of nitrogens with two attached hydrogens (primary N) is 1. The summed E-state index contributed by atoms with van der Waals surface area (Å²) in [5.74, 6) is -0.490. The first-order chi connectivity index (χ1) is 9.76. The predicted octanol–water partition coefficient (Wildman–Crippen LogP) is 3.14. The van der Waals surface area contributed by atoms with Crippen LogP contribution in [0.1, 0.15) is 0 Å². The summed E-state index contributed by atoms with van der Waals surface area (Å²) in [4.78, 5) is 13.7. The summed E-state index contributed by atoms with van der Waals surface area (Å²) in [5.41, 5.74) is 5.66. The van der Waals surface area contributed by atoms with Crippen LogP contribution in [-0.2, 0) is 0 Å². The number of pyridine rings is 1. The van der Waals surface area contributed by atoms with Gasteiger partial charge in [0, 0.05) is 11.6 Å². The standard InChI is InChI=1S/C12H8F3N3O3/c13-12(14,15)21-9-3-1-2-7(4-9)10-5-8(18(19)20)6-17-11(10)16/h1-6H,(H2,16,17). The number of nitrogens with zero attached hydrogens (tertiary/aromatic N) is 2. The van der Waals surface area contributed by atoms with Gasteiger partial charge in [-0.15, -0.1) is 13.2 Å². The summed E-state index contributed by atoms with van der Waals surface area (Å²) >= 11 is 0. The number of ether oxygens (including phenoxy) is 1. The molecule has 21 heavy (non-hydrogen) atoms. The molecule has 0 unspecified atom stereocenters. The molecule has 0 bridgehead atoms. The lowest BCUT2D eigenvalue weighted by atomic mass is 10.1. The molecule has 0 amide bonds. The van der Waals surface area contributed by atoms with Crippen LogP contribution in [0, 0.1) is 10.1 Å². The summed E-state index contributed by atoms with van der Waals surface area (Å²) in [5, 5.41) is 10.7. The molecule has 0 radical (unpaired) electrons. The summed E-state index contributed by atoms with van der Waals surface area (Å²) in [6.45, 7) is 0. The van der Waals surface area contributed by atoms with Crippen molar-refractivity contribution in [3.8, 4) is 16.9 Å². The quantitative estimate of drug-likeness (QED) is 0.694. The molecule has 2 rings (SSSR count). The maximum absolute atomic E-state index is 12.2. The van der Waals surface area contributed by atoms with E-state index in [9.17, 15) is 23.3 Å². The molecular formula is C12H8F3N3O3. The highest BCUT2D eigenvalue weighted by Gasteiger charge is 2.31. The number of rotatable bonds is 3. The van der Waals surface area contributed by atoms with Crippen molar-refractivity contribution >= 4 is 11.5 Å². The second-order valence-corrected chi connectivity index (χ2v) is 3.96. The van der Waals surface area contributed by atoms with Crippen molar-refractivity contribution in [1.29, 1.82) is 0 Å². The SMILES string of the molecule is Nc1ncc([N+](=O)[O-])cc1-c1cccc(OC(F)(F)F)c1. The summed E-state index contributed by atoms with van der Waals surface area (Å²) < 4.78 is 40.3. The topological polar surface area (TPSA) is 91.3 Å². The van der Waals surface area contributed by atoms with Gasteiger partial charge in [-0.05, 0) is 17.7 Å². The Morgan fingerprint density at radius 1 is 1.29 bits per heavy atom. The Labute approximate surface area is 116 Å². The van der Waals surface area contributed by atoms with E-state index in [1.54, 1.807) is 0 Å². The molecule has 2 N–H and O–H groups in total. The van der Waals surface area contributed by atoms with Gasteiger partial charge in [0.15, 0.2) is 0 Å². The highest BCUT2D eigenvalue weighted by molar-refractivity contribution is 5.76. The fraction of sp³-hybridized carbons (Fsp3) is 0.0833. The third-order valence-electron chi connectivity index (χ3n) is 2.49. The van der Waals surface area contributed by atoms with Crippen LogP contribution in [0.4, 0.5) is 24.7 Å². The van der Waals surface area contributed by atoms with Gasteiger partial charge >= 0.3 is 6.36 Å². The minimum atomic E-state index is -4.83. The third kappa shape index (κ3) is 3.59. The number of nitrogen functional groups attached to an aromatic ring is 1. The molecule has 6 nitrogen and oxygen atoms in total. The van der Waals surface area contributed by atoms with Crippen LogP contribution < -0.4 is 10.5 Å². The van der Waals surface area contributed by atoms with E-state index in [4.69, 9.17) is 5.73 Å². The minimum absolute atomic E-state index is 0.0373. The van der Waals surface area contributed by atoms with Gasteiger partial charge in [0.05, 0.1) is 4.92 Å². The Morgan fingerprint density at radius 3 is 2.62 bits per heavy atom. The molecule has 1 aromatic carbocycles. The number of hydrogen-bond acceptors (Lipinski definition) is 5. The first-order valence-electron chi connectivity index (χ1n) is 5.52. The van der Waals surface area contributed by atoms with Gasteiger partial charge < -0.3 is 10.5 Å². The summed E-state index contributed by atoms with van der Waals surface area (Å²) in [6, 6.07) is 6.08. The number of aromatic nitrogens is 1. The Kier molecular flexibility index (Phi) is 3.66. The molecule has 0 atom stereocenters. The maximum atomic E-state index is 12.2. The molecule has 1 aromatic heterocycles. The number of benzene rings is 1. The first-order valence-corrected chi connectivity index (χ1v) is 5.52. The van der Waals surface area contributed by atoms with E-state index in [0.29, 0.717) is 0 Å². The number of anilines is 1. The van der Waals surface area contributed by atoms with Gasteiger partial charge in [-0.2, -0.15) is 0 Å². The molecule has 0 saturated heterocycles. The van der Waals surface area contributed by atoms with Crippen molar-refractivity contribution < 1.29 is 22.8 Å². The van der Waals surface area contributed by atoms with Crippen LogP contribution in [0.25, 0.3) is 11.1 Å². The molecule has 110 valence electrons. The van der Waals surface area contributed by atoms with Crippen LogP contribution in [0.5, 0.6) is 5.75 Å². The Morgan fingerprint density at radius 2 is 2.00 bits per heavy atom. The fourth-order valence-corrected chi connectivity index (χ4v) is 1.66. The Bertz CT molecular complexity index is 689. The molecule has 0 aliphatic rings. The lowest BCUT2D eigenvalue weighted by Crippen LogP contribution is -2.17. The smallest absolute Gasteiger partial charge is 0.406 e. The fourth-order valence-electron chi connectivity index (χ4n) is 1.66. The zero-order valence-electron chi connectivity index (χ0n) is 10.3. The van der Waals surface area contributed by atoms with Crippen LogP contribution in [0.3, 0.4) is 0 Å². The van der Waals surface area contributed by atoms with Crippen LogP contribution in [-0.4, -0.2) is 16.3 Å². The zero-order chi connectivity index (χ0) is 15.6. The van der Waals surface area contributed by atoms with Crippen molar-refractivity contribution in [1.82, 2.24) is 4.98 Å².